The van der Waals surface area contributed by atoms with Crippen LogP contribution in [0.15, 0.2) is 40.8 Å². The minimum atomic E-state index is -0.110. The van der Waals surface area contributed by atoms with Crippen LogP contribution in [0.5, 0.6) is 0 Å². The zero-order valence-electron chi connectivity index (χ0n) is 14.8. The molecule has 2 heterocycles. The number of nitrogens with one attached hydrogen (secondary N) is 1. The molecule has 4 nitrogen and oxygen atoms in total. The number of benzene rings is 2. The second-order valence-corrected chi connectivity index (χ2v) is 6.85. The van der Waals surface area contributed by atoms with Gasteiger partial charge in [0.05, 0.1) is 0 Å². The first-order valence-electron chi connectivity index (χ1n) is 9.12. The number of fused-ring (bicyclic) bond motifs is 3. The van der Waals surface area contributed by atoms with Crippen molar-refractivity contribution in [1.82, 2.24) is 10.2 Å². The molecule has 0 bridgehead atoms. The molecule has 2 aromatic carbocycles. The first kappa shape index (κ1) is 16.2. The Kier molecular flexibility index (Phi) is 4.22. The second-order valence-electron chi connectivity index (χ2n) is 6.85. The maximum absolute atomic E-state index is 12.7. The lowest BCUT2D eigenvalue weighted by Crippen LogP contribution is -2.40. The number of likely N-dealkylation sites (tertiary alicyclic amines) is 1. The van der Waals surface area contributed by atoms with Gasteiger partial charge in [-0.05, 0) is 38.2 Å². The quantitative estimate of drug-likeness (QED) is 0.780. The van der Waals surface area contributed by atoms with Crippen molar-refractivity contribution in [3.8, 4) is 0 Å². The van der Waals surface area contributed by atoms with Gasteiger partial charge in [-0.3, -0.25) is 9.69 Å². The highest BCUT2D eigenvalue weighted by Gasteiger charge is 2.25. The Morgan fingerprint density at radius 1 is 1.24 bits per heavy atom. The molecule has 0 spiro atoms. The Labute approximate surface area is 147 Å². The third kappa shape index (κ3) is 2.81. The number of amides is 1. The molecule has 1 aromatic heterocycles. The molecule has 0 aliphatic carbocycles. The summed E-state index contributed by atoms with van der Waals surface area (Å²) in [5.41, 5.74) is 1.72. The number of nitrogens with zero attached hydrogens (tertiary/aromatic N) is 1. The predicted molar refractivity (Wildman–Crippen MR) is 101 cm³/mol. The number of carbonyl (C=O) groups excluding carboxylic acids is 1. The standard InChI is InChI=1S/C21H24N2O2/c1-3-23-12-6-8-16(23)13-22-21(24)19-14(2)17-11-10-15-7-4-5-9-18(15)20(17)25-19/h4-5,7,9-11,16H,3,6,8,12-13H2,1-2H3,(H,22,24)/t16-/m0/s1. The third-order valence-corrected chi connectivity index (χ3v) is 5.44. The zero-order valence-corrected chi connectivity index (χ0v) is 14.8. The lowest BCUT2D eigenvalue weighted by molar-refractivity contribution is 0.0915. The molecule has 1 saturated heterocycles. The van der Waals surface area contributed by atoms with Gasteiger partial charge in [-0.1, -0.05) is 43.3 Å². The number of hydrogen-bond acceptors (Lipinski definition) is 3. The van der Waals surface area contributed by atoms with Crippen LogP contribution >= 0.6 is 0 Å². The molecule has 0 radical (unpaired) electrons. The summed E-state index contributed by atoms with van der Waals surface area (Å²) < 4.78 is 6.02. The lowest BCUT2D eigenvalue weighted by Gasteiger charge is -2.22. The molecular formula is C21H24N2O2. The molecule has 3 aromatic rings. The van der Waals surface area contributed by atoms with Gasteiger partial charge in [0.15, 0.2) is 5.76 Å². The number of furan rings is 1. The average Bonchev–Trinajstić information content (AvgIpc) is 3.24. The van der Waals surface area contributed by atoms with Gasteiger partial charge in [0.25, 0.3) is 5.91 Å². The first-order chi connectivity index (χ1) is 12.2. The van der Waals surface area contributed by atoms with Crippen LogP contribution in [0.3, 0.4) is 0 Å². The van der Waals surface area contributed by atoms with Crippen molar-refractivity contribution in [3.63, 3.8) is 0 Å². The van der Waals surface area contributed by atoms with Crippen molar-refractivity contribution < 1.29 is 9.21 Å². The minimum absolute atomic E-state index is 0.110. The molecule has 4 rings (SSSR count). The topological polar surface area (TPSA) is 45.5 Å². The summed E-state index contributed by atoms with van der Waals surface area (Å²) in [6, 6.07) is 12.7. The number of likely N-dealkylation sites (N-methyl/N-ethyl adjacent to an activating group) is 1. The highest BCUT2D eigenvalue weighted by Crippen LogP contribution is 2.31. The monoisotopic (exact) mass is 336 g/mol. The molecule has 1 aliphatic heterocycles. The molecule has 0 saturated carbocycles. The van der Waals surface area contributed by atoms with Gasteiger partial charge < -0.3 is 9.73 Å². The van der Waals surface area contributed by atoms with E-state index in [9.17, 15) is 4.79 Å². The van der Waals surface area contributed by atoms with Crippen LogP contribution in [0.4, 0.5) is 0 Å². The Morgan fingerprint density at radius 2 is 2.08 bits per heavy atom. The van der Waals surface area contributed by atoms with E-state index >= 15 is 0 Å². The molecule has 25 heavy (non-hydrogen) atoms. The van der Waals surface area contributed by atoms with E-state index in [4.69, 9.17) is 4.42 Å². The molecule has 1 fully saturated rings. The molecule has 1 atom stereocenters. The Morgan fingerprint density at radius 3 is 2.92 bits per heavy atom. The third-order valence-electron chi connectivity index (χ3n) is 5.44. The van der Waals surface area contributed by atoms with Crippen LogP contribution in [0.2, 0.25) is 0 Å². The van der Waals surface area contributed by atoms with Crippen molar-refractivity contribution in [2.24, 2.45) is 0 Å². The Balaban J connectivity index is 1.61. The normalized spacial score (nSPS) is 18.2. The molecular weight excluding hydrogens is 312 g/mol. The predicted octanol–water partition coefficient (Wildman–Crippen LogP) is 4.11. The van der Waals surface area contributed by atoms with Crippen molar-refractivity contribution >= 4 is 27.6 Å². The highest BCUT2D eigenvalue weighted by atomic mass is 16.3. The molecule has 1 N–H and O–H groups in total. The lowest BCUT2D eigenvalue weighted by atomic mass is 10.1. The number of hydrogen-bond donors (Lipinski definition) is 1. The van der Waals surface area contributed by atoms with E-state index < -0.39 is 0 Å². The Bertz CT molecular complexity index is 928. The van der Waals surface area contributed by atoms with Gasteiger partial charge in [-0.25, -0.2) is 0 Å². The van der Waals surface area contributed by atoms with Crippen molar-refractivity contribution in [2.75, 3.05) is 19.6 Å². The summed E-state index contributed by atoms with van der Waals surface area (Å²) in [6.07, 6.45) is 2.36. The van der Waals surface area contributed by atoms with Crippen molar-refractivity contribution in [2.45, 2.75) is 32.7 Å². The van der Waals surface area contributed by atoms with E-state index in [0.717, 1.165) is 46.8 Å². The van der Waals surface area contributed by atoms with E-state index in [1.54, 1.807) is 0 Å². The van der Waals surface area contributed by atoms with E-state index in [1.165, 1.54) is 6.42 Å². The SMILES string of the molecule is CCN1CCC[C@H]1CNC(=O)c1oc2c(ccc3ccccc32)c1C. The fraction of sp³-hybridized carbons (Fsp3) is 0.381. The first-order valence-corrected chi connectivity index (χ1v) is 9.12. The maximum Gasteiger partial charge on any atom is 0.287 e. The van der Waals surface area contributed by atoms with Crippen LogP contribution in [0.1, 0.15) is 35.9 Å². The largest absolute Gasteiger partial charge is 0.450 e. The van der Waals surface area contributed by atoms with Gasteiger partial charge in [-0.2, -0.15) is 0 Å². The number of aryl methyl sites for hydroxylation is 1. The average molecular weight is 336 g/mol. The number of carbonyl (C=O) groups is 1. The van der Waals surface area contributed by atoms with Gasteiger partial charge in [0, 0.05) is 28.9 Å². The van der Waals surface area contributed by atoms with Gasteiger partial charge in [0.2, 0.25) is 0 Å². The molecule has 0 unspecified atom stereocenters. The summed E-state index contributed by atoms with van der Waals surface area (Å²) in [7, 11) is 0. The van der Waals surface area contributed by atoms with E-state index in [0.29, 0.717) is 18.3 Å². The molecule has 1 amide bonds. The fourth-order valence-electron chi connectivity index (χ4n) is 4.00. The summed E-state index contributed by atoms with van der Waals surface area (Å²) in [4.78, 5) is 15.1. The molecule has 1 aliphatic rings. The molecule has 130 valence electrons. The molecule has 4 heteroatoms. The van der Waals surface area contributed by atoms with Gasteiger partial charge >= 0.3 is 0 Å². The van der Waals surface area contributed by atoms with E-state index in [2.05, 4.69) is 29.3 Å². The van der Waals surface area contributed by atoms with Crippen LogP contribution in [-0.2, 0) is 0 Å². The summed E-state index contributed by atoms with van der Waals surface area (Å²) in [5.74, 6) is 0.327. The van der Waals surface area contributed by atoms with Crippen LogP contribution < -0.4 is 5.32 Å². The van der Waals surface area contributed by atoms with E-state index in [1.807, 2.05) is 31.2 Å². The highest BCUT2D eigenvalue weighted by molar-refractivity contribution is 6.08. The number of rotatable bonds is 4. The second kappa shape index (κ2) is 6.52. The van der Waals surface area contributed by atoms with Crippen LogP contribution in [0, 0.1) is 6.92 Å². The van der Waals surface area contributed by atoms with Gasteiger partial charge in [0.1, 0.15) is 5.58 Å². The summed E-state index contributed by atoms with van der Waals surface area (Å²) >= 11 is 0. The van der Waals surface area contributed by atoms with Crippen LogP contribution in [0.25, 0.3) is 21.7 Å². The Hall–Kier alpha value is -2.33. The van der Waals surface area contributed by atoms with Crippen LogP contribution in [-0.4, -0.2) is 36.5 Å². The van der Waals surface area contributed by atoms with Crippen molar-refractivity contribution in [3.05, 3.63) is 47.7 Å². The maximum atomic E-state index is 12.7. The fourth-order valence-corrected chi connectivity index (χ4v) is 4.00. The summed E-state index contributed by atoms with van der Waals surface area (Å²) in [6.45, 7) is 6.99. The van der Waals surface area contributed by atoms with Gasteiger partial charge in [-0.15, -0.1) is 0 Å². The zero-order chi connectivity index (χ0) is 17.4. The van der Waals surface area contributed by atoms with Crippen molar-refractivity contribution in [1.29, 1.82) is 0 Å². The minimum Gasteiger partial charge on any atom is -0.450 e. The summed E-state index contributed by atoms with van der Waals surface area (Å²) in [5, 5.41) is 6.27. The smallest absolute Gasteiger partial charge is 0.287 e. The van der Waals surface area contributed by atoms with E-state index in [-0.39, 0.29) is 5.91 Å².